The molecule has 2 heterocycles. The van der Waals surface area contributed by atoms with Crippen LogP contribution < -0.4 is 21.7 Å². The first-order valence-electron chi connectivity index (χ1n) is 9.91. The van der Waals surface area contributed by atoms with Gasteiger partial charge < -0.3 is 21.7 Å². The number of carbonyl (C=O) groups excluding carboxylic acids is 1. The van der Waals surface area contributed by atoms with E-state index in [4.69, 9.17) is 11.0 Å². The molecule has 10 heteroatoms. The molecule has 1 aliphatic carbocycles. The Morgan fingerprint density at radius 3 is 2.63 bits per heavy atom. The van der Waals surface area contributed by atoms with E-state index in [1.165, 1.54) is 12.4 Å². The molecule has 2 atom stereocenters. The Labute approximate surface area is 175 Å². The van der Waals surface area contributed by atoms with Gasteiger partial charge in [-0.05, 0) is 24.7 Å². The van der Waals surface area contributed by atoms with Crippen molar-refractivity contribution < 1.29 is 4.79 Å². The molecule has 10 nitrogen and oxygen atoms in total. The minimum absolute atomic E-state index is 0.0509. The largest absolute Gasteiger partial charge is 0.380 e. The first-order chi connectivity index (χ1) is 14.2. The van der Waals surface area contributed by atoms with Gasteiger partial charge in [-0.1, -0.05) is 20.8 Å². The molecule has 1 amide bonds. The molecule has 5 N–H and O–H groups in total. The van der Waals surface area contributed by atoms with Crippen molar-refractivity contribution in [1.82, 2.24) is 25.5 Å². The molecule has 1 saturated carbocycles. The molecule has 1 aliphatic rings. The molecule has 2 aromatic rings. The fourth-order valence-corrected chi connectivity index (χ4v) is 3.11. The summed E-state index contributed by atoms with van der Waals surface area (Å²) in [5.74, 6) is 0.542. The summed E-state index contributed by atoms with van der Waals surface area (Å²) in [5.41, 5.74) is 7.01. The lowest BCUT2D eigenvalue weighted by Gasteiger charge is -2.20. The summed E-state index contributed by atoms with van der Waals surface area (Å²) < 4.78 is 0. The number of carbonyl (C=O) groups is 1. The van der Waals surface area contributed by atoms with E-state index in [1.54, 1.807) is 6.07 Å². The third kappa shape index (κ3) is 5.84. The predicted molar refractivity (Wildman–Crippen MR) is 113 cm³/mol. The summed E-state index contributed by atoms with van der Waals surface area (Å²) in [7, 11) is 0. The summed E-state index contributed by atoms with van der Waals surface area (Å²) in [5, 5.41) is 26.4. The lowest BCUT2D eigenvalue weighted by atomic mass is 9.97. The lowest BCUT2D eigenvalue weighted by molar-refractivity contribution is 0.0934. The molecule has 0 saturated heterocycles. The monoisotopic (exact) mass is 409 g/mol. The van der Waals surface area contributed by atoms with E-state index in [9.17, 15) is 4.79 Å². The number of anilines is 3. The Hall–Kier alpha value is -3.32. The molecule has 0 aromatic carbocycles. The Bertz CT molecular complexity index is 931. The molecular formula is C20H27N9O. The van der Waals surface area contributed by atoms with Gasteiger partial charge in [-0.2, -0.15) is 5.26 Å². The van der Waals surface area contributed by atoms with Crippen LogP contribution in [0.4, 0.5) is 17.3 Å². The number of nitriles is 1. The zero-order valence-electron chi connectivity index (χ0n) is 17.4. The highest BCUT2D eigenvalue weighted by atomic mass is 16.1. The molecule has 2 unspecified atom stereocenters. The van der Waals surface area contributed by atoms with Crippen molar-refractivity contribution >= 4 is 23.2 Å². The Balaban J connectivity index is 1.82. The first-order valence-corrected chi connectivity index (χ1v) is 9.91. The highest BCUT2D eigenvalue weighted by Gasteiger charge is 2.25. The fraction of sp³-hybridized carbons (Fsp3) is 0.500. The van der Waals surface area contributed by atoms with Crippen LogP contribution in [0.5, 0.6) is 0 Å². The maximum atomic E-state index is 12.7. The van der Waals surface area contributed by atoms with Crippen LogP contribution in [-0.2, 0) is 0 Å². The number of nitrogens with zero attached hydrogens (tertiary/aromatic N) is 5. The highest BCUT2D eigenvalue weighted by molar-refractivity contribution is 5.98. The summed E-state index contributed by atoms with van der Waals surface area (Å²) >= 11 is 0. The summed E-state index contributed by atoms with van der Waals surface area (Å²) in [6.45, 7) is 6.65. The zero-order valence-corrected chi connectivity index (χ0v) is 17.4. The van der Waals surface area contributed by atoms with Crippen molar-refractivity contribution in [3.05, 3.63) is 29.8 Å². The van der Waals surface area contributed by atoms with Gasteiger partial charge in [0.1, 0.15) is 11.9 Å². The number of nitrogens with two attached hydrogens (primary N) is 1. The molecular weight excluding hydrogens is 382 g/mol. The van der Waals surface area contributed by atoms with Crippen LogP contribution in [0.1, 0.15) is 56.2 Å². The minimum atomic E-state index is -0.285. The van der Waals surface area contributed by atoms with Gasteiger partial charge in [0.05, 0.1) is 18.1 Å². The standard InChI is InChI=1S/C20H27N9O/c1-20(2,3)11-25-19(30)18-15(26-13-5-4-12(22)6-13)7-16(28-29-18)27-17-10-23-14(8-21)9-24-17/h7,9-10,12-13H,4-6,11,22H2,1-3H3,(H,25,30)(H2,24,26,27,28). The molecule has 2 aromatic heterocycles. The van der Waals surface area contributed by atoms with E-state index in [0.717, 1.165) is 19.3 Å². The van der Waals surface area contributed by atoms with E-state index in [2.05, 4.69) is 36.1 Å². The van der Waals surface area contributed by atoms with Crippen LogP contribution >= 0.6 is 0 Å². The Kier molecular flexibility index (Phi) is 6.42. The lowest BCUT2D eigenvalue weighted by Crippen LogP contribution is -2.34. The molecule has 0 radical (unpaired) electrons. The van der Waals surface area contributed by atoms with Crippen LogP contribution in [0, 0.1) is 16.7 Å². The average Bonchev–Trinajstić information content (AvgIpc) is 3.11. The van der Waals surface area contributed by atoms with Gasteiger partial charge in [0.15, 0.2) is 17.2 Å². The molecule has 0 aliphatic heterocycles. The van der Waals surface area contributed by atoms with Crippen molar-refractivity contribution in [2.45, 2.75) is 52.1 Å². The van der Waals surface area contributed by atoms with Gasteiger partial charge in [0, 0.05) is 24.7 Å². The summed E-state index contributed by atoms with van der Waals surface area (Å²) in [6, 6.07) is 3.97. The smallest absolute Gasteiger partial charge is 0.273 e. The van der Waals surface area contributed by atoms with Crippen LogP contribution in [0.25, 0.3) is 0 Å². The highest BCUT2D eigenvalue weighted by Crippen LogP contribution is 2.25. The number of hydrogen-bond donors (Lipinski definition) is 4. The number of hydrogen-bond acceptors (Lipinski definition) is 9. The van der Waals surface area contributed by atoms with Crippen molar-refractivity contribution in [3.63, 3.8) is 0 Å². The van der Waals surface area contributed by atoms with Crippen molar-refractivity contribution in [1.29, 1.82) is 5.26 Å². The van der Waals surface area contributed by atoms with E-state index in [-0.39, 0.29) is 34.8 Å². The molecule has 3 rings (SSSR count). The predicted octanol–water partition coefficient (Wildman–Crippen LogP) is 1.95. The number of nitrogens with one attached hydrogen (secondary N) is 3. The van der Waals surface area contributed by atoms with E-state index in [1.807, 2.05) is 26.8 Å². The van der Waals surface area contributed by atoms with Crippen molar-refractivity contribution in [2.24, 2.45) is 11.1 Å². The maximum absolute atomic E-state index is 12.7. The van der Waals surface area contributed by atoms with Crippen LogP contribution in [0.15, 0.2) is 18.5 Å². The first kappa shape index (κ1) is 21.4. The fourth-order valence-electron chi connectivity index (χ4n) is 3.11. The van der Waals surface area contributed by atoms with Crippen molar-refractivity contribution in [3.8, 4) is 6.07 Å². The molecule has 0 spiro atoms. The molecule has 1 fully saturated rings. The Morgan fingerprint density at radius 2 is 2.03 bits per heavy atom. The number of aromatic nitrogens is 4. The van der Waals surface area contributed by atoms with Gasteiger partial charge in [0.2, 0.25) is 0 Å². The third-order valence-electron chi connectivity index (χ3n) is 4.64. The molecule has 0 bridgehead atoms. The summed E-state index contributed by atoms with van der Waals surface area (Å²) in [4.78, 5) is 20.8. The average molecular weight is 409 g/mol. The quantitative estimate of drug-likeness (QED) is 0.560. The second kappa shape index (κ2) is 9.00. The van der Waals surface area contributed by atoms with Gasteiger partial charge in [0.25, 0.3) is 5.91 Å². The topological polar surface area (TPSA) is 155 Å². The number of rotatable bonds is 6. The minimum Gasteiger partial charge on any atom is -0.380 e. The van der Waals surface area contributed by atoms with Gasteiger partial charge in [-0.3, -0.25) is 4.79 Å². The van der Waals surface area contributed by atoms with Crippen LogP contribution in [-0.4, -0.2) is 44.7 Å². The van der Waals surface area contributed by atoms with Gasteiger partial charge in [-0.25, -0.2) is 9.97 Å². The van der Waals surface area contributed by atoms with Crippen LogP contribution in [0.2, 0.25) is 0 Å². The van der Waals surface area contributed by atoms with E-state index < -0.39 is 0 Å². The van der Waals surface area contributed by atoms with E-state index in [0.29, 0.717) is 23.9 Å². The third-order valence-corrected chi connectivity index (χ3v) is 4.64. The molecule has 30 heavy (non-hydrogen) atoms. The SMILES string of the molecule is CC(C)(C)CNC(=O)c1nnc(Nc2cnc(C#N)cn2)cc1NC1CCC(N)C1. The second-order valence-electron chi connectivity index (χ2n) is 8.67. The Morgan fingerprint density at radius 1 is 1.23 bits per heavy atom. The van der Waals surface area contributed by atoms with Crippen LogP contribution in [0.3, 0.4) is 0 Å². The second-order valence-corrected chi connectivity index (χ2v) is 8.67. The van der Waals surface area contributed by atoms with Gasteiger partial charge in [-0.15, -0.1) is 10.2 Å². The number of amides is 1. The van der Waals surface area contributed by atoms with E-state index >= 15 is 0 Å². The van der Waals surface area contributed by atoms with Crippen molar-refractivity contribution in [2.75, 3.05) is 17.2 Å². The normalized spacial score (nSPS) is 18.5. The molecule has 158 valence electrons. The summed E-state index contributed by atoms with van der Waals surface area (Å²) in [6.07, 6.45) is 5.50. The maximum Gasteiger partial charge on any atom is 0.273 e. The van der Waals surface area contributed by atoms with Gasteiger partial charge >= 0.3 is 0 Å². The zero-order chi connectivity index (χ0) is 21.7.